The van der Waals surface area contributed by atoms with Crippen LogP contribution in [0.25, 0.3) is 0 Å². The number of morpholine rings is 1. The number of rotatable bonds is 3. The number of benzene rings is 1. The molecule has 1 aromatic carbocycles. The van der Waals surface area contributed by atoms with E-state index in [9.17, 15) is 0 Å². The number of piperidine rings is 1. The fraction of sp³-hybridized carbons (Fsp3) is 0.667. The van der Waals surface area contributed by atoms with Crippen molar-refractivity contribution in [2.45, 2.75) is 51.5 Å². The summed E-state index contributed by atoms with van der Waals surface area (Å²) in [5.41, 5.74) is 1.29. The van der Waals surface area contributed by atoms with E-state index in [-0.39, 0.29) is 0 Å². The van der Waals surface area contributed by atoms with E-state index in [1.54, 1.807) is 9.80 Å². The van der Waals surface area contributed by atoms with Crippen molar-refractivity contribution in [1.29, 1.82) is 0 Å². The summed E-state index contributed by atoms with van der Waals surface area (Å²) < 4.78 is 5.88. The molecule has 2 fully saturated rings. The molecule has 3 rings (SSSR count). The molecule has 0 radical (unpaired) electrons. The Bertz CT molecular complexity index is 478. The maximum atomic E-state index is 6.29. The fourth-order valence-electron chi connectivity index (χ4n) is 4.17. The molecule has 2 aliphatic rings. The molecule has 1 aromatic rings. The molecule has 3 nitrogen and oxygen atoms in total. The third kappa shape index (κ3) is 4.02. The van der Waals surface area contributed by atoms with Crippen LogP contribution in [0.3, 0.4) is 0 Å². The Morgan fingerprint density at radius 3 is 2.36 bits per heavy atom. The minimum absolute atomic E-state index is 0.409. The topological polar surface area (TPSA) is 18.1 Å². The van der Waals surface area contributed by atoms with Crippen LogP contribution in [0.4, 0.5) is 0 Å². The summed E-state index contributed by atoms with van der Waals surface area (Å²) in [6, 6.07) is 9.09. The van der Waals surface area contributed by atoms with E-state index >= 15 is 0 Å². The standard InChI is InChI=1S/C18H27ClN2O/c1-14-11-21(12-15(2)22-14)17-7-9-20(10-8-17)13-16-5-3-4-6-18(16)19/h3-6,14-15,17H,7-13H2,1-2H3/p+2/t14-,15-/m0/s1. The lowest BCUT2D eigenvalue weighted by atomic mass is 10.0. The van der Waals surface area contributed by atoms with E-state index in [0.717, 1.165) is 17.6 Å². The Kier molecular flexibility index (Phi) is 5.40. The predicted octanol–water partition coefficient (Wildman–Crippen LogP) is 0.579. The molecular formula is C18H29ClN2O+2. The molecule has 122 valence electrons. The second-order valence-corrected chi connectivity index (χ2v) is 7.52. The largest absolute Gasteiger partial charge is 0.364 e. The third-order valence-corrected chi connectivity index (χ3v) is 5.60. The molecule has 0 spiro atoms. The van der Waals surface area contributed by atoms with Crippen molar-refractivity contribution in [3.63, 3.8) is 0 Å². The van der Waals surface area contributed by atoms with Crippen molar-refractivity contribution < 1.29 is 14.5 Å². The van der Waals surface area contributed by atoms with Gasteiger partial charge in [0, 0.05) is 23.4 Å². The molecule has 2 heterocycles. The van der Waals surface area contributed by atoms with E-state index in [2.05, 4.69) is 26.0 Å². The van der Waals surface area contributed by atoms with Crippen LogP contribution in [0, 0.1) is 0 Å². The van der Waals surface area contributed by atoms with Gasteiger partial charge < -0.3 is 14.5 Å². The van der Waals surface area contributed by atoms with Crippen molar-refractivity contribution >= 4 is 11.6 Å². The van der Waals surface area contributed by atoms with E-state index in [4.69, 9.17) is 16.3 Å². The van der Waals surface area contributed by atoms with Gasteiger partial charge in [-0.3, -0.25) is 0 Å². The Balaban J connectivity index is 1.51. The molecule has 0 aromatic heterocycles. The summed E-state index contributed by atoms with van der Waals surface area (Å²) in [6.07, 6.45) is 3.47. The van der Waals surface area contributed by atoms with Gasteiger partial charge in [-0.25, -0.2) is 0 Å². The maximum absolute atomic E-state index is 6.29. The summed E-state index contributed by atoms with van der Waals surface area (Å²) in [6.45, 7) is 10.4. The zero-order valence-electron chi connectivity index (χ0n) is 13.8. The SMILES string of the molecule is C[C@H]1C[NH+](C2CC[NH+](Cc3ccccc3Cl)CC2)C[C@H](C)O1. The first-order valence-electron chi connectivity index (χ1n) is 8.69. The molecule has 22 heavy (non-hydrogen) atoms. The first kappa shape index (κ1) is 16.3. The van der Waals surface area contributed by atoms with Gasteiger partial charge in [-0.2, -0.15) is 0 Å². The average Bonchev–Trinajstić information content (AvgIpc) is 2.49. The first-order valence-corrected chi connectivity index (χ1v) is 9.06. The van der Waals surface area contributed by atoms with Crippen molar-refractivity contribution in [1.82, 2.24) is 0 Å². The van der Waals surface area contributed by atoms with Crippen LogP contribution in [-0.4, -0.2) is 44.4 Å². The van der Waals surface area contributed by atoms with Crippen molar-refractivity contribution in [3.8, 4) is 0 Å². The van der Waals surface area contributed by atoms with Gasteiger partial charge in [-0.1, -0.05) is 29.8 Å². The average molecular weight is 325 g/mol. The summed E-state index contributed by atoms with van der Waals surface area (Å²) in [4.78, 5) is 3.45. The van der Waals surface area contributed by atoms with Gasteiger partial charge >= 0.3 is 0 Å². The predicted molar refractivity (Wildman–Crippen MR) is 89.6 cm³/mol. The Labute approximate surface area is 139 Å². The van der Waals surface area contributed by atoms with Gasteiger partial charge in [0.1, 0.15) is 31.8 Å². The lowest BCUT2D eigenvalue weighted by molar-refractivity contribution is -0.970. The van der Waals surface area contributed by atoms with Crippen LogP contribution in [-0.2, 0) is 11.3 Å². The summed E-state index contributed by atoms with van der Waals surface area (Å²) in [5, 5.41) is 0.915. The second kappa shape index (κ2) is 7.31. The minimum atomic E-state index is 0.409. The molecule has 0 aliphatic carbocycles. The second-order valence-electron chi connectivity index (χ2n) is 7.12. The monoisotopic (exact) mass is 324 g/mol. The number of likely N-dealkylation sites (tertiary alicyclic amines) is 1. The molecule has 0 amide bonds. The van der Waals surface area contributed by atoms with E-state index < -0.39 is 0 Å². The van der Waals surface area contributed by atoms with E-state index in [1.165, 1.54) is 44.6 Å². The van der Waals surface area contributed by atoms with Gasteiger partial charge in [-0.15, -0.1) is 0 Å². The summed E-state index contributed by atoms with van der Waals surface area (Å²) >= 11 is 6.29. The van der Waals surface area contributed by atoms with Crippen molar-refractivity contribution in [2.24, 2.45) is 0 Å². The van der Waals surface area contributed by atoms with Crippen LogP contribution in [0.5, 0.6) is 0 Å². The molecule has 2 atom stereocenters. The number of halogens is 1. The van der Waals surface area contributed by atoms with Crippen molar-refractivity contribution in [3.05, 3.63) is 34.9 Å². The molecule has 2 N–H and O–H groups in total. The molecule has 0 saturated carbocycles. The summed E-state index contributed by atoms with van der Waals surface area (Å²) in [7, 11) is 0. The lowest BCUT2D eigenvalue weighted by Gasteiger charge is -2.39. The number of nitrogens with one attached hydrogen (secondary N) is 2. The van der Waals surface area contributed by atoms with E-state index in [0.29, 0.717) is 12.2 Å². The quantitative estimate of drug-likeness (QED) is 0.832. The van der Waals surface area contributed by atoms with Crippen LogP contribution >= 0.6 is 11.6 Å². The first-order chi connectivity index (χ1) is 10.6. The molecule has 4 heteroatoms. The van der Waals surface area contributed by atoms with Gasteiger partial charge in [0.2, 0.25) is 0 Å². The number of hydrogen-bond donors (Lipinski definition) is 2. The van der Waals surface area contributed by atoms with Gasteiger partial charge in [0.05, 0.1) is 19.1 Å². The van der Waals surface area contributed by atoms with Gasteiger partial charge in [-0.05, 0) is 19.9 Å². The van der Waals surface area contributed by atoms with Crippen LogP contribution in [0.1, 0.15) is 32.3 Å². The van der Waals surface area contributed by atoms with Crippen LogP contribution < -0.4 is 9.80 Å². The number of quaternary nitrogens is 2. The molecule has 2 saturated heterocycles. The Morgan fingerprint density at radius 1 is 1.09 bits per heavy atom. The Morgan fingerprint density at radius 2 is 1.73 bits per heavy atom. The zero-order chi connectivity index (χ0) is 15.5. The van der Waals surface area contributed by atoms with Gasteiger partial charge in [0.15, 0.2) is 0 Å². The zero-order valence-corrected chi connectivity index (χ0v) is 14.5. The highest BCUT2D eigenvalue weighted by Gasteiger charge is 2.35. The lowest BCUT2D eigenvalue weighted by Crippen LogP contribution is -3.22. The molecule has 2 aliphatic heterocycles. The smallest absolute Gasteiger partial charge is 0.104 e. The molecular weight excluding hydrogens is 296 g/mol. The number of ether oxygens (including phenoxy) is 1. The minimum Gasteiger partial charge on any atom is -0.364 e. The van der Waals surface area contributed by atoms with Crippen LogP contribution in [0.15, 0.2) is 24.3 Å². The Hall–Kier alpha value is -0.610. The highest BCUT2D eigenvalue weighted by atomic mass is 35.5. The van der Waals surface area contributed by atoms with E-state index in [1.807, 2.05) is 12.1 Å². The third-order valence-electron chi connectivity index (χ3n) is 5.23. The highest BCUT2D eigenvalue weighted by molar-refractivity contribution is 6.31. The van der Waals surface area contributed by atoms with Crippen molar-refractivity contribution in [2.75, 3.05) is 26.2 Å². The van der Waals surface area contributed by atoms with Gasteiger partial charge in [0.25, 0.3) is 0 Å². The molecule has 0 unspecified atom stereocenters. The highest BCUT2D eigenvalue weighted by Crippen LogP contribution is 2.13. The fourth-order valence-corrected chi connectivity index (χ4v) is 4.37. The maximum Gasteiger partial charge on any atom is 0.104 e. The number of hydrogen-bond acceptors (Lipinski definition) is 1. The van der Waals surface area contributed by atoms with Crippen LogP contribution in [0.2, 0.25) is 5.02 Å². The molecule has 0 bridgehead atoms. The normalized spacial score (nSPS) is 36.2. The summed E-state index contributed by atoms with van der Waals surface area (Å²) in [5.74, 6) is 0.